The second-order valence-electron chi connectivity index (χ2n) is 5.56. The number of benzene rings is 1. The van der Waals surface area contributed by atoms with E-state index in [9.17, 15) is 0 Å². The average molecular weight is 322 g/mol. The van der Waals surface area contributed by atoms with Gasteiger partial charge in [-0.25, -0.2) is 0 Å². The number of hydrogen-bond acceptors (Lipinski definition) is 4. The van der Waals surface area contributed by atoms with Crippen LogP contribution in [0.15, 0.2) is 24.3 Å². The van der Waals surface area contributed by atoms with E-state index in [1.54, 1.807) is 0 Å². The number of aryl methyl sites for hydroxylation is 1. The second-order valence-corrected chi connectivity index (χ2v) is 8.33. The Morgan fingerprint density at radius 3 is 2.86 bits per heavy atom. The summed E-state index contributed by atoms with van der Waals surface area (Å²) in [5, 5.41) is 7.22. The van der Waals surface area contributed by atoms with Crippen molar-refractivity contribution in [1.29, 1.82) is 0 Å². The minimum absolute atomic E-state index is 0.182. The highest BCUT2D eigenvalue weighted by molar-refractivity contribution is 8.07. The standard InChI is InChI=1S/C16H23N3S2/c1-3-19-15-7-5-4-6-12(15)14(18-19)10-13(17)16-11(2)20-8-9-21-16/h4-7,11,13,16H,3,8-10,17H2,1-2H3. The van der Waals surface area contributed by atoms with Gasteiger partial charge in [0.2, 0.25) is 0 Å². The van der Waals surface area contributed by atoms with Crippen LogP contribution >= 0.6 is 23.5 Å². The molecule has 1 aliphatic heterocycles. The predicted octanol–water partition coefficient (Wildman–Crippen LogP) is 3.16. The molecule has 5 heteroatoms. The fourth-order valence-electron chi connectivity index (χ4n) is 3.05. The summed E-state index contributed by atoms with van der Waals surface area (Å²) in [6.07, 6.45) is 0.871. The lowest BCUT2D eigenvalue weighted by Crippen LogP contribution is -2.42. The van der Waals surface area contributed by atoms with E-state index in [4.69, 9.17) is 10.8 Å². The van der Waals surface area contributed by atoms with Gasteiger partial charge in [-0.1, -0.05) is 25.1 Å². The van der Waals surface area contributed by atoms with Crippen molar-refractivity contribution in [2.45, 2.75) is 43.4 Å². The molecule has 0 radical (unpaired) electrons. The highest BCUT2D eigenvalue weighted by atomic mass is 32.2. The summed E-state index contributed by atoms with van der Waals surface area (Å²) >= 11 is 4.09. The maximum absolute atomic E-state index is 6.53. The van der Waals surface area contributed by atoms with Gasteiger partial charge in [-0.15, -0.1) is 0 Å². The number of nitrogens with two attached hydrogens (primary N) is 1. The molecule has 114 valence electrons. The van der Waals surface area contributed by atoms with Crippen molar-refractivity contribution >= 4 is 34.4 Å². The molecule has 0 spiro atoms. The van der Waals surface area contributed by atoms with E-state index < -0.39 is 0 Å². The molecule has 3 rings (SSSR count). The zero-order valence-electron chi connectivity index (χ0n) is 12.7. The molecule has 2 aromatic rings. The van der Waals surface area contributed by atoms with E-state index in [1.165, 1.54) is 22.4 Å². The van der Waals surface area contributed by atoms with Crippen LogP contribution in [0.3, 0.4) is 0 Å². The Labute approximate surface area is 135 Å². The van der Waals surface area contributed by atoms with Gasteiger partial charge in [0.05, 0.1) is 11.2 Å². The smallest absolute Gasteiger partial charge is 0.0719 e. The van der Waals surface area contributed by atoms with Gasteiger partial charge in [-0.05, 0) is 13.0 Å². The summed E-state index contributed by atoms with van der Waals surface area (Å²) in [4.78, 5) is 0. The van der Waals surface area contributed by atoms with Gasteiger partial charge in [0.25, 0.3) is 0 Å². The van der Waals surface area contributed by atoms with E-state index in [0.29, 0.717) is 10.5 Å². The lowest BCUT2D eigenvalue weighted by atomic mass is 10.0. The number of thioether (sulfide) groups is 2. The van der Waals surface area contributed by atoms with Crippen molar-refractivity contribution in [1.82, 2.24) is 9.78 Å². The van der Waals surface area contributed by atoms with Gasteiger partial charge in [-0.3, -0.25) is 4.68 Å². The Morgan fingerprint density at radius 1 is 1.33 bits per heavy atom. The summed E-state index contributed by atoms with van der Waals surface area (Å²) < 4.78 is 2.09. The summed E-state index contributed by atoms with van der Waals surface area (Å²) in [5.74, 6) is 2.47. The summed E-state index contributed by atoms with van der Waals surface area (Å²) in [6.45, 7) is 5.35. The topological polar surface area (TPSA) is 43.8 Å². The normalized spacial score (nSPS) is 24.3. The quantitative estimate of drug-likeness (QED) is 0.939. The largest absolute Gasteiger partial charge is 0.326 e. The fourth-order valence-corrected chi connectivity index (χ4v) is 5.94. The number of para-hydroxylation sites is 1. The van der Waals surface area contributed by atoms with Crippen LogP contribution in [-0.2, 0) is 13.0 Å². The first-order valence-electron chi connectivity index (χ1n) is 7.64. The third-order valence-electron chi connectivity index (χ3n) is 4.12. The van der Waals surface area contributed by atoms with Crippen LogP contribution in [0.5, 0.6) is 0 Å². The molecule has 21 heavy (non-hydrogen) atoms. The van der Waals surface area contributed by atoms with Crippen LogP contribution in [0.1, 0.15) is 19.5 Å². The molecule has 1 aromatic heterocycles. The van der Waals surface area contributed by atoms with Gasteiger partial charge in [0.15, 0.2) is 0 Å². The van der Waals surface area contributed by atoms with E-state index in [2.05, 4.69) is 54.6 Å². The van der Waals surface area contributed by atoms with Crippen molar-refractivity contribution in [2.24, 2.45) is 5.73 Å². The van der Waals surface area contributed by atoms with Gasteiger partial charge < -0.3 is 5.73 Å². The third kappa shape index (κ3) is 3.10. The fraction of sp³-hybridized carbons (Fsp3) is 0.562. The minimum Gasteiger partial charge on any atom is -0.326 e. The first kappa shape index (κ1) is 15.3. The number of aromatic nitrogens is 2. The average Bonchev–Trinajstić information content (AvgIpc) is 2.86. The minimum atomic E-state index is 0.182. The van der Waals surface area contributed by atoms with Gasteiger partial charge >= 0.3 is 0 Å². The van der Waals surface area contributed by atoms with Crippen LogP contribution in [0.25, 0.3) is 10.9 Å². The van der Waals surface area contributed by atoms with Gasteiger partial charge in [0, 0.05) is 46.4 Å². The van der Waals surface area contributed by atoms with Crippen molar-refractivity contribution in [3.8, 4) is 0 Å². The van der Waals surface area contributed by atoms with Gasteiger partial charge in [-0.2, -0.15) is 28.6 Å². The molecule has 0 bridgehead atoms. The zero-order valence-corrected chi connectivity index (χ0v) is 14.3. The lowest BCUT2D eigenvalue weighted by molar-refractivity contribution is 0.597. The third-order valence-corrected chi connectivity index (χ3v) is 7.39. The molecular formula is C16H23N3S2. The van der Waals surface area contributed by atoms with E-state index in [0.717, 1.165) is 18.7 Å². The molecule has 2 N–H and O–H groups in total. The van der Waals surface area contributed by atoms with E-state index >= 15 is 0 Å². The Morgan fingerprint density at radius 2 is 2.10 bits per heavy atom. The summed E-state index contributed by atoms with van der Waals surface area (Å²) in [5.41, 5.74) is 8.91. The summed E-state index contributed by atoms with van der Waals surface area (Å²) in [6, 6.07) is 8.67. The lowest BCUT2D eigenvalue weighted by Gasteiger charge is -2.32. The molecule has 2 heterocycles. The molecule has 1 saturated heterocycles. The van der Waals surface area contributed by atoms with Crippen molar-refractivity contribution in [2.75, 3.05) is 11.5 Å². The Bertz CT molecular complexity index is 611. The predicted molar refractivity (Wildman–Crippen MR) is 95.3 cm³/mol. The zero-order chi connectivity index (χ0) is 14.8. The molecule has 3 atom stereocenters. The number of fused-ring (bicyclic) bond motifs is 1. The molecule has 0 aliphatic carbocycles. The maximum atomic E-state index is 6.53. The highest BCUT2D eigenvalue weighted by Gasteiger charge is 2.29. The molecule has 0 amide bonds. The monoisotopic (exact) mass is 321 g/mol. The number of nitrogens with zero attached hydrogens (tertiary/aromatic N) is 2. The van der Waals surface area contributed by atoms with Crippen LogP contribution < -0.4 is 5.73 Å². The van der Waals surface area contributed by atoms with E-state index in [-0.39, 0.29) is 6.04 Å². The molecule has 1 fully saturated rings. The molecule has 0 saturated carbocycles. The van der Waals surface area contributed by atoms with Crippen molar-refractivity contribution in [3.05, 3.63) is 30.0 Å². The molecule has 3 nitrogen and oxygen atoms in total. The molecule has 3 unspecified atom stereocenters. The second kappa shape index (κ2) is 6.63. The number of hydrogen-bond donors (Lipinski definition) is 1. The van der Waals surface area contributed by atoms with Crippen molar-refractivity contribution < 1.29 is 0 Å². The van der Waals surface area contributed by atoms with Crippen molar-refractivity contribution in [3.63, 3.8) is 0 Å². The number of rotatable bonds is 4. The molecule has 1 aromatic carbocycles. The van der Waals surface area contributed by atoms with E-state index in [1.807, 2.05) is 11.8 Å². The van der Waals surface area contributed by atoms with Crippen LogP contribution in [0, 0.1) is 0 Å². The van der Waals surface area contributed by atoms with Crippen LogP contribution in [0.4, 0.5) is 0 Å². The first-order chi connectivity index (χ1) is 10.2. The van der Waals surface area contributed by atoms with Gasteiger partial charge in [0.1, 0.15) is 0 Å². The molecule has 1 aliphatic rings. The Kier molecular flexibility index (Phi) is 4.82. The SMILES string of the molecule is CCn1nc(CC(N)C2SCCSC2C)c2ccccc21. The first-order valence-corrected chi connectivity index (χ1v) is 9.73. The Balaban J connectivity index is 1.84. The molecular weight excluding hydrogens is 298 g/mol. The van der Waals surface area contributed by atoms with Crippen LogP contribution in [0.2, 0.25) is 0 Å². The Hall–Kier alpha value is -0.650. The summed E-state index contributed by atoms with van der Waals surface area (Å²) in [7, 11) is 0. The maximum Gasteiger partial charge on any atom is 0.0719 e. The highest BCUT2D eigenvalue weighted by Crippen LogP contribution is 2.33. The van der Waals surface area contributed by atoms with Crippen LogP contribution in [-0.4, -0.2) is 37.8 Å².